The summed E-state index contributed by atoms with van der Waals surface area (Å²) in [7, 11) is 0. The molecular weight excluding hydrogens is 160 g/mol. The van der Waals surface area contributed by atoms with Gasteiger partial charge in [-0.3, -0.25) is 9.98 Å². The summed E-state index contributed by atoms with van der Waals surface area (Å²) < 4.78 is 0. The summed E-state index contributed by atoms with van der Waals surface area (Å²) in [6, 6.07) is 0. The summed E-state index contributed by atoms with van der Waals surface area (Å²) in [6.45, 7) is 0. The number of rotatable bonds is 0. The van der Waals surface area contributed by atoms with Crippen LogP contribution in [0.1, 0.15) is 0 Å². The van der Waals surface area contributed by atoms with E-state index in [1.54, 1.807) is 0 Å². The van der Waals surface area contributed by atoms with Crippen molar-refractivity contribution in [1.29, 1.82) is 0 Å². The van der Waals surface area contributed by atoms with Crippen molar-refractivity contribution in [2.24, 2.45) is 9.98 Å². The molecule has 1 unspecified atom stereocenters. The van der Waals surface area contributed by atoms with Gasteiger partial charge in [0, 0.05) is 12.4 Å². The highest BCUT2D eigenvalue weighted by Gasteiger charge is 2.38. The molecule has 0 N–H and O–H groups in total. The van der Waals surface area contributed by atoms with Crippen LogP contribution in [0.15, 0.2) is 58.2 Å². The standard InChI is InChI=1S/C11H8N2/c1-2-6-11-9(5-8-13-11)4-7-12-10(11)3-1/h1-8H. The van der Waals surface area contributed by atoms with Crippen LogP contribution < -0.4 is 0 Å². The number of aliphatic imine (C=N–C) groups is 2. The van der Waals surface area contributed by atoms with E-state index in [0.29, 0.717) is 0 Å². The summed E-state index contributed by atoms with van der Waals surface area (Å²) in [5.74, 6) is 0. The lowest BCUT2D eigenvalue weighted by Gasteiger charge is -2.28. The summed E-state index contributed by atoms with van der Waals surface area (Å²) >= 11 is 0. The van der Waals surface area contributed by atoms with Gasteiger partial charge >= 0.3 is 0 Å². The molecule has 0 saturated heterocycles. The molecule has 3 aliphatic rings. The van der Waals surface area contributed by atoms with Crippen molar-refractivity contribution in [3.63, 3.8) is 0 Å². The maximum atomic E-state index is 4.47. The van der Waals surface area contributed by atoms with Gasteiger partial charge in [-0.2, -0.15) is 0 Å². The van der Waals surface area contributed by atoms with Gasteiger partial charge in [0.2, 0.25) is 0 Å². The summed E-state index contributed by atoms with van der Waals surface area (Å²) in [5, 5.41) is 0. The van der Waals surface area contributed by atoms with Gasteiger partial charge in [0.25, 0.3) is 0 Å². The van der Waals surface area contributed by atoms with E-state index >= 15 is 0 Å². The molecule has 2 heteroatoms. The van der Waals surface area contributed by atoms with E-state index in [4.69, 9.17) is 0 Å². The van der Waals surface area contributed by atoms with Gasteiger partial charge in [-0.15, -0.1) is 0 Å². The Morgan fingerprint density at radius 2 is 2.15 bits per heavy atom. The van der Waals surface area contributed by atoms with Gasteiger partial charge in [-0.1, -0.05) is 12.2 Å². The zero-order valence-electron chi connectivity index (χ0n) is 7.01. The van der Waals surface area contributed by atoms with Crippen LogP contribution in [0.5, 0.6) is 0 Å². The summed E-state index contributed by atoms with van der Waals surface area (Å²) in [5.41, 5.74) is 1.93. The van der Waals surface area contributed by atoms with Gasteiger partial charge in [-0.25, -0.2) is 0 Å². The Bertz CT molecular complexity index is 433. The Morgan fingerprint density at radius 3 is 3.15 bits per heavy atom. The molecule has 62 valence electrons. The average molecular weight is 168 g/mol. The molecule has 1 spiro atoms. The van der Waals surface area contributed by atoms with Crippen LogP contribution in [0.25, 0.3) is 0 Å². The average Bonchev–Trinajstić information content (AvgIpc) is 2.58. The molecule has 2 heterocycles. The second-order valence-electron chi connectivity index (χ2n) is 3.21. The highest BCUT2D eigenvalue weighted by Crippen LogP contribution is 2.34. The summed E-state index contributed by atoms with van der Waals surface area (Å²) in [6.07, 6.45) is 15.9. The molecule has 0 aromatic rings. The minimum absolute atomic E-state index is 0.288. The number of hydrogen-bond donors (Lipinski definition) is 0. The Morgan fingerprint density at radius 1 is 1.15 bits per heavy atom. The number of hydrogen-bond acceptors (Lipinski definition) is 2. The van der Waals surface area contributed by atoms with E-state index in [9.17, 15) is 0 Å². The molecule has 0 bridgehead atoms. The van der Waals surface area contributed by atoms with Crippen molar-refractivity contribution < 1.29 is 0 Å². The molecule has 0 aromatic heterocycles. The Labute approximate surface area is 76.4 Å². The fourth-order valence-corrected chi connectivity index (χ4v) is 1.87. The molecule has 0 amide bonds. The monoisotopic (exact) mass is 168 g/mol. The second-order valence-corrected chi connectivity index (χ2v) is 3.21. The van der Waals surface area contributed by atoms with Crippen LogP contribution in [-0.2, 0) is 0 Å². The van der Waals surface area contributed by atoms with E-state index in [1.807, 2.05) is 42.8 Å². The lowest BCUT2D eigenvalue weighted by molar-refractivity contribution is 0.849. The molecule has 13 heavy (non-hydrogen) atoms. The van der Waals surface area contributed by atoms with Gasteiger partial charge < -0.3 is 0 Å². The molecular formula is C11H8N2. The second kappa shape index (κ2) is 2.16. The molecule has 2 aliphatic heterocycles. The molecule has 0 fully saturated rings. The van der Waals surface area contributed by atoms with E-state index in [2.05, 4.69) is 16.1 Å². The first-order valence-electron chi connectivity index (χ1n) is 4.28. The fraction of sp³-hybridized carbons (Fsp3) is 0.0909. The third-order valence-electron chi connectivity index (χ3n) is 2.53. The topological polar surface area (TPSA) is 24.7 Å². The predicted octanol–water partition coefficient (Wildman–Crippen LogP) is 1.83. The minimum Gasteiger partial charge on any atom is -0.271 e. The van der Waals surface area contributed by atoms with Crippen molar-refractivity contribution in [1.82, 2.24) is 0 Å². The highest BCUT2D eigenvalue weighted by molar-refractivity contribution is 6.12. The lowest BCUT2D eigenvalue weighted by Crippen LogP contribution is -2.36. The lowest BCUT2D eigenvalue weighted by atomic mass is 9.82. The van der Waals surface area contributed by atoms with Gasteiger partial charge in [0.15, 0.2) is 0 Å². The van der Waals surface area contributed by atoms with Crippen molar-refractivity contribution >= 4 is 11.9 Å². The van der Waals surface area contributed by atoms with E-state index in [1.165, 1.54) is 5.57 Å². The maximum absolute atomic E-state index is 4.47. The van der Waals surface area contributed by atoms with E-state index in [0.717, 1.165) is 5.71 Å². The zero-order valence-corrected chi connectivity index (χ0v) is 7.01. The van der Waals surface area contributed by atoms with Gasteiger partial charge in [0.05, 0.1) is 5.71 Å². The first-order valence-corrected chi connectivity index (χ1v) is 4.28. The van der Waals surface area contributed by atoms with Gasteiger partial charge in [-0.05, 0) is 29.9 Å². The first-order chi connectivity index (χ1) is 6.42. The molecule has 3 rings (SSSR count). The molecule has 0 radical (unpaired) electrons. The maximum Gasteiger partial charge on any atom is 0.146 e. The predicted molar refractivity (Wildman–Crippen MR) is 54.2 cm³/mol. The quantitative estimate of drug-likeness (QED) is 0.527. The third kappa shape index (κ3) is 0.724. The highest BCUT2D eigenvalue weighted by atomic mass is 14.9. The minimum atomic E-state index is -0.288. The summed E-state index contributed by atoms with van der Waals surface area (Å²) in [4.78, 5) is 8.80. The van der Waals surface area contributed by atoms with Crippen LogP contribution >= 0.6 is 0 Å². The normalized spacial score (nSPS) is 32.6. The Balaban J connectivity index is 2.28. The Hall–Kier alpha value is -1.70. The Kier molecular flexibility index (Phi) is 1.13. The third-order valence-corrected chi connectivity index (χ3v) is 2.53. The van der Waals surface area contributed by atoms with Crippen molar-refractivity contribution in [3.05, 3.63) is 48.2 Å². The van der Waals surface area contributed by atoms with E-state index < -0.39 is 0 Å². The van der Waals surface area contributed by atoms with Crippen molar-refractivity contribution in [2.45, 2.75) is 5.54 Å². The number of allylic oxidation sites excluding steroid dienone is 3. The molecule has 1 atom stereocenters. The molecule has 2 nitrogen and oxygen atoms in total. The SMILES string of the molecule is C1=CC2=NC=CC3=CC=NC32C=C1. The number of nitrogens with zero attached hydrogens (tertiary/aromatic N) is 2. The fourth-order valence-electron chi connectivity index (χ4n) is 1.87. The molecule has 0 aromatic carbocycles. The zero-order chi connectivity index (χ0) is 8.73. The molecule has 0 saturated carbocycles. The van der Waals surface area contributed by atoms with Crippen molar-refractivity contribution in [3.8, 4) is 0 Å². The largest absolute Gasteiger partial charge is 0.271 e. The van der Waals surface area contributed by atoms with Crippen LogP contribution in [0.4, 0.5) is 0 Å². The van der Waals surface area contributed by atoms with Gasteiger partial charge in [0.1, 0.15) is 5.54 Å². The molecule has 1 aliphatic carbocycles. The van der Waals surface area contributed by atoms with Crippen molar-refractivity contribution in [2.75, 3.05) is 0 Å². The smallest absolute Gasteiger partial charge is 0.146 e. The van der Waals surface area contributed by atoms with Crippen LogP contribution in [0, 0.1) is 0 Å². The van der Waals surface area contributed by atoms with E-state index in [-0.39, 0.29) is 5.54 Å². The first kappa shape index (κ1) is 6.78. The van der Waals surface area contributed by atoms with Crippen LogP contribution in [0.3, 0.4) is 0 Å². The van der Waals surface area contributed by atoms with Crippen LogP contribution in [-0.4, -0.2) is 17.5 Å². The van der Waals surface area contributed by atoms with Crippen LogP contribution in [0.2, 0.25) is 0 Å².